The first-order valence-corrected chi connectivity index (χ1v) is 6.61. The third kappa shape index (κ3) is 3.24. The summed E-state index contributed by atoms with van der Waals surface area (Å²) in [6, 6.07) is 7.26. The van der Waals surface area contributed by atoms with Crippen molar-refractivity contribution in [2.75, 3.05) is 25.0 Å². The summed E-state index contributed by atoms with van der Waals surface area (Å²) in [5, 5.41) is 22.1. The Bertz CT molecular complexity index is 423. The number of likely N-dealkylation sites (tertiary alicyclic amines) is 1. The largest absolute Gasteiger partial charge is 0.388 e. The van der Waals surface area contributed by atoms with Crippen molar-refractivity contribution in [1.82, 2.24) is 4.90 Å². The molecule has 0 aromatic heterocycles. The second-order valence-electron chi connectivity index (χ2n) is 4.85. The fourth-order valence-corrected chi connectivity index (χ4v) is 2.12. The van der Waals surface area contributed by atoms with E-state index in [-0.39, 0.29) is 19.0 Å². The molecule has 104 valence electrons. The summed E-state index contributed by atoms with van der Waals surface area (Å²) in [5.41, 5.74) is 1.56. The van der Waals surface area contributed by atoms with Crippen LogP contribution >= 0.6 is 0 Å². The summed E-state index contributed by atoms with van der Waals surface area (Å²) in [6.45, 7) is 3.37. The van der Waals surface area contributed by atoms with Crippen LogP contribution < -0.4 is 5.32 Å². The first kappa shape index (κ1) is 13.8. The summed E-state index contributed by atoms with van der Waals surface area (Å²) in [4.78, 5) is 13.6. The highest BCUT2D eigenvalue weighted by Crippen LogP contribution is 2.16. The van der Waals surface area contributed by atoms with Gasteiger partial charge in [0.25, 0.3) is 5.91 Å². The third-order valence-corrected chi connectivity index (χ3v) is 3.26. The number of nitrogens with zero attached hydrogens (tertiary/aromatic N) is 1. The van der Waals surface area contributed by atoms with Gasteiger partial charge in [-0.15, -0.1) is 0 Å². The van der Waals surface area contributed by atoms with Crippen LogP contribution in [0.25, 0.3) is 0 Å². The van der Waals surface area contributed by atoms with Crippen LogP contribution in [0.15, 0.2) is 24.3 Å². The molecule has 0 aliphatic carbocycles. The zero-order valence-electron chi connectivity index (χ0n) is 11.0. The molecule has 1 amide bonds. The van der Waals surface area contributed by atoms with Crippen LogP contribution in [0.3, 0.4) is 0 Å². The smallest absolute Gasteiger partial charge is 0.254 e. The zero-order chi connectivity index (χ0) is 13.8. The molecule has 0 bridgehead atoms. The molecule has 2 atom stereocenters. The van der Waals surface area contributed by atoms with Crippen molar-refractivity contribution in [2.45, 2.75) is 25.6 Å². The average Bonchev–Trinajstić information content (AvgIpc) is 2.76. The number of benzene rings is 1. The summed E-state index contributed by atoms with van der Waals surface area (Å²) < 4.78 is 0. The molecule has 1 aliphatic heterocycles. The van der Waals surface area contributed by atoms with Gasteiger partial charge in [-0.05, 0) is 30.7 Å². The van der Waals surface area contributed by atoms with E-state index in [4.69, 9.17) is 0 Å². The Morgan fingerprint density at radius 3 is 2.37 bits per heavy atom. The van der Waals surface area contributed by atoms with Crippen LogP contribution in [-0.4, -0.2) is 52.9 Å². The highest BCUT2D eigenvalue weighted by Gasteiger charge is 2.32. The van der Waals surface area contributed by atoms with Crippen LogP contribution in [0.4, 0.5) is 5.69 Å². The van der Waals surface area contributed by atoms with Gasteiger partial charge in [-0.25, -0.2) is 0 Å². The van der Waals surface area contributed by atoms with Crippen molar-refractivity contribution >= 4 is 11.6 Å². The second-order valence-corrected chi connectivity index (χ2v) is 4.85. The molecule has 2 rings (SSSR count). The Hall–Kier alpha value is -1.59. The van der Waals surface area contributed by atoms with Crippen molar-refractivity contribution in [2.24, 2.45) is 0 Å². The number of aliphatic hydroxyl groups excluding tert-OH is 2. The molecule has 0 spiro atoms. The summed E-state index contributed by atoms with van der Waals surface area (Å²) >= 11 is 0. The van der Waals surface area contributed by atoms with Gasteiger partial charge >= 0.3 is 0 Å². The molecule has 0 radical (unpaired) electrons. The van der Waals surface area contributed by atoms with Gasteiger partial charge in [0.2, 0.25) is 0 Å². The number of hydrogen-bond acceptors (Lipinski definition) is 4. The van der Waals surface area contributed by atoms with Crippen LogP contribution in [-0.2, 0) is 0 Å². The van der Waals surface area contributed by atoms with Gasteiger partial charge < -0.3 is 20.4 Å². The van der Waals surface area contributed by atoms with Gasteiger partial charge in [-0.2, -0.15) is 0 Å². The number of hydrogen-bond donors (Lipinski definition) is 3. The Balaban J connectivity index is 2.00. The van der Waals surface area contributed by atoms with E-state index in [0.29, 0.717) is 5.56 Å². The minimum atomic E-state index is -0.838. The van der Waals surface area contributed by atoms with E-state index in [1.807, 2.05) is 12.1 Å². The highest BCUT2D eigenvalue weighted by molar-refractivity contribution is 5.94. The highest BCUT2D eigenvalue weighted by atomic mass is 16.3. The molecular formula is C14H20N2O3. The molecule has 1 saturated heterocycles. The Kier molecular flexibility index (Phi) is 4.39. The van der Waals surface area contributed by atoms with Gasteiger partial charge in [0, 0.05) is 30.9 Å². The van der Waals surface area contributed by atoms with Crippen LogP contribution in [0.2, 0.25) is 0 Å². The van der Waals surface area contributed by atoms with Gasteiger partial charge in [0.15, 0.2) is 0 Å². The van der Waals surface area contributed by atoms with Crippen LogP contribution in [0, 0.1) is 0 Å². The normalized spacial score (nSPS) is 22.6. The third-order valence-electron chi connectivity index (χ3n) is 3.26. The number of aliphatic hydroxyl groups is 2. The van der Waals surface area contributed by atoms with Gasteiger partial charge in [0.05, 0.1) is 12.2 Å². The van der Waals surface area contributed by atoms with E-state index < -0.39 is 12.2 Å². The van der Waals surface area contributed by atoms with E-state index in [2.05, 4.69) is 12.2 Å². The Morgan fingerprint density at radius 1 is 1.26 bits per heavy atom. The molecule has 0 saturated carbocycles. The van der Waals surface area contributed by atoms with E-state index in [1.165, 1.54) is 4.90 Å². The van der Waals surface area contributed by atoms with E-state index in [9.17, 15) is 15.0 Å². The van der Waals surface area contributed by atoms with Gasteiger partial charge in [-0.3, -0.25) is 4.79 Å². The fourth-order valence-electron chi connectivity index (χ4n) is 2.12. The number of β-amino-alcohol motifs (C(OH)–C–C–N with tert-alkyl or cyclic N) is 2. The molecule has 3 N–H and O–H groups in total. The first-order valence-electron chi connectivity index (χ1n) is 6.61. The lowest BCUT2D eigenvalue weighted by atomic mass is 10.2. The van der Waals surface area contributed by atoms with Crippen molar-refractivity contribution in [3.63, 3.8) is 0 Å². The van der Waals surface area contributed by atoms with Gasteiger partial charge in [-0.1, -0.05) is 6.92 Å². The lowest BCUT2D eigenvalue weighted by Gasteiger charge is -2.15. The molecule has 1 aromatic rings. The standard InChI is InChI=1S/C14H20N2O3/c1-2-7-15-11-5-3-10(4-6-11)14(19)16-8-12(17)13(18)9-16/h3-6,12-13,15,17-18H,2,7-9H2,1H3. The SMILES string of the molecule is CCCNc1ccc(C(=O)N2CC(O)C(O)C2)cc1. The summed E-state index contributed by atoms with van der Waals surface area (Å²) in [6.07, 6.45) is -0.631. The molecule has 2 unspecified atom stereocenters. The topological polar surface area (TPSA) is 72.8 Å². The van der Waals surface area contributed by atoms with E-state index in [1.54, 1.807) is 12.1 Å². The summed E-state index contributed by atoms with van der Waals surface area (Å²) in [5.74, 6) is -0.155. The predicted molar refractivity (Wildman–Crippen MR) is 73.1 cm³/mol. The number of rotatable bonds is 4. The lowest BCUT2D eigenvalue weighted by Crippen LogP contribution is -2.29. The molecule has 19 heavy (non-hydrogen) atoms. The quantitative estimate of drug-likeness (QED) is 0.748. The van der Waals surface area contributed by atoms with Crippen LogP contribution in [0.1, 0.15) is 23.7 Å². The second kappa shape index (κ2) is 6.04. The Labute approximate surface area is 112 Å². The minimum absolute atomic E-state index is 0.155. The number of carbonyl (C=O) groups excluding carboxylic acids is 1. The van der Waals surface area contributed by atoms with Crippen molar-refractivity contribution < 1.29 is 15.0 Å². The maximum atomic E-state index is 12.1. The van der Waals surface area contributed by atoms with E-state index in [0.717, 1.165) is 18.7 Å². The number of anilines is 1. The predicted octanol–water partition coefficient (Wildman–Crippen LogP) is 0.686. The molecule has 1 aromatic carbocycles. The Morgan fingerprint density at radius 2 is 1.84 bits per heavy atom. The monoisotopic (exact) mass is 264 g/mol. The molecule has 5 nitrogen and oxygen atoms in total. The lowest BCUT2D eigenvalue weighted by molar-refractivity contribution is 0.0572. The number of carbonyl (C=O) groups is 1. The first-order chi connectivity index (χ1) is 9.11. The fraction of sp³-hybridized carbons (Fsp3) is 0.500. The van der Waals surface area contributed by atoms with E-state index >= 15 is 0 Å². The maximum Gasteiger partial charge on any atom is 0.254 e. The van der Waals surface area contributed by atoms with Crippen molar-refractivity contribution in [3.8, 4) is 0 Å². The number of amides is 1. The molecular weight excluding hydrogens is 244 g/mol. The average molecular weight is 264 g/mol. The zero-order valence-corrected chi connectivity index (χ0v) is 11.0. The molecule has 1 aliphatic rings. The van der Waals surface area contributed by atoms with Gasteiger partial charge in [0.1, 0.15) is 0 Å². The molecule has 5 heteroatoms. The minimum Gasteiger partial charge on any atom is -0.388 e. The summed E-state index contributed by atoms with van der Waals surface area (Å²) in [7, 11) is 0. The molecule has 1 heterocycles. The maximum absolute atomic E-state index is 12.1. The van der Waals surface area contributed by atoms with Crippen molar-refractivity contribution in [1.29, 1.82) is 0 Å². The van der Waals surface area contributed by atoms with Crippen LogP contribution in [0.5, 0.6) is 0 Å². The van der Waals surface area contributed by atoms with Crippen molar-refractivity contribution in [3.05, 3.63) is 29.8 Å². The molecule has 1 fully saturated rings. The number of nitrogens with one attached hydrogen (secondary N) is 1.